The number of benzene rings is 1. The molecule has 3 nitrogen and oxygen atoms in total. The van der Waals surface area contributed by atoms with Crippen LogP contribution in [0.3, 0.4) is 0 Å². The van der Waals surface area contributed by atoms with E-state index in [1.807, 2.05) is 24.5 Å². The van der Waals surface area contributed by atoms with Gasteiger partial charge in [-0.1, -0.05) is 62.9 Å². The molecule has 2 aromatic rings. The number of aromatic nitrogens is 2. The van der Waals surface area contributed by atoms with Crippen molar-refractivity contribution in [2.45, 2.75) is 50.6 Å². The van der Waals surface area contributed by atoms with Gasteiger partial charge in [-0.15, -0.1) is 0 Å². The van der Waals surface area contributed by atoms with Crippen molar-refractivity contribution in [2.24, 2.45) is 0 Å². The van der Waals surface area contributed by atoms with Crippen LogP contribution in [0.2, 0.25) is 0 Å². The van der Waals surface area contributed by atoms with Crippen molar-refractivity contribution < 1.29 is 5.11 Å². The minimum atomic E-state index is 0.274. The maximum Gasteiger partial charge on any atom is 0.187 e. The highest BCUT2D eigenvalue weighted by Gasteiger charge is 2.01. The smallest absolute Gasteiger partial charge is 0.187 e. The zero-order valence-corrected chi connectivity index (χ0v) is 14.0. The Bertz CT molecular complexity index is 540. The molecule has 118 valence electrons. The normalized spacial score (nSPS) is 10.8. The number of phenols is 1. The molecule has 0 aliphatic carbocycles. The van der Waals surface area contributed by atoms with Crippen LogP contribution in [0.5, 0.6) is 5.75 Å². The second-order valence-corrected chi connectivity index (χ2v) is 6.48. The Morgan fingerprint density at radius 2 is 1.50 bits per heavy atom. The van der Waals surface area contributed by atoms with E-state index in [2.05, 4.69) is 16.9 Å². The highest BCUT2D eigenvalue weighted by molar-refractivity contribution is 7.99. The van der Waals surface area contributed by atoms with Gasteiger partial charge in [-0.25, -0.2) is 9.97 Å². The summed E-state index contributed by atoms with van der Waals surface area (Å²) in [6.07, 6.45) is 11.6. The molecule has 0 radical (unpaired) electrons. The van der Waals surface area contributed by atoms with Gasteiger partial charge >= 0.3 is 0 Å². The lowest BCUT2D eigenvalue weighted by Crippen LogP contribution is -1.89. The fourth-order valence-corrected chi connectivity index (χ4v) is 3.03. The molecular formula is C18H24N2OS. The summed E-state index contributed by atoms with van der Waals surface area (Å²) in [5.41, 5.74) is 1.99. The molecule has 22 heavy (non-hydrogen) atoms. The van der Waals surface area contributed by atoms with Crippen molar-refractivity contribution >= 4 is 11.8 Å². The van der Waals surface area contributed by atoms with Gasteiger partial charge in [0.25, 0.3) is 0 Å². The molecule has 1 N–H and O–H groups in total. The molecule has 0 unspecified atom stereocenters. The Labute approximate surface area is 137 Å². The predicted molar refractivity (Wildman–Crippen MR) is 93.2 cm³/mol. The fraction of sp³-hybridized carbons (Fsp3) is 0.444. The van der Waals surface area contributed by atoms with Crippen LogP contribution < -0.4 is 0 Å². The standard InChI is InChI=1S/C18H24N2OS/c1-2-3-4-5-6-7-12-22-18-19-13-16(14-20-18)15-8-10-17(21)11-9-15/h8-11,13-14,21H,2-7,12H2,1H3. The maximum absolute atomic E-state index is 9.30. The lowest BCUT2D eigenvalue weighted by atomic mass is 10.1. The molecule has 1 aromatic heterocycles. The van der Waals surface area contributed by atoms with E-state index < -0.39 is 0 Å². The third-order valence-corrected chi connectivity index (χ3v) is 4.52. The summed E-state index contributed by atoms with van der Waals surface area (Å²) in [6.45, 7) is 2.25. The molecule has 0 spiro atoms. The van der Waals surface area contributed by atoms with Crippen molar-refractivity contribution in [1.82, 2.24) is 9.97 Å². The van der Waals surface area contributed by atoms with Gasteiger partial charge in [0.1, 0.15) is 5.75 Å². The first-order valence-corrected chi connectivity index (χ1v) is 9.02. The minimum Gasteiger partial charge on any atom is -0.508 e. The summed E-state index contributed by atoms with van der Waals surface area (Å²) in [4.78, 5) is 8.83. The van der Waals surface area contributed by atoms with Crippen LogP contribution in [-0.4, -0.2) is 20.8 Å². The summed E-state index contributed by atoms with van der Waals surface area (Å²) in [6, 6.07) is 7.10. The topological polar surface area (TPSA) is 46.0 Å². The number of thioether (sulfide) groups is 1. The third kappa shape index (κ3) is 5.68. The van der Waals surface area contributed by atoms with Crippen molar-refractivity contribution in [2.75, 3.05) is 5.75 Å². The van der Waals surface area contributed by atoms with Gasteiger partial charge in [-0.2, -0.15) is 0 Å². The van der Waals surface area contributed by atoms with E-state index in [0.29, 0.717) is 0 Å². The van der Waals surface area contributed by atoms with Gasteiger partial charge in [0, 0.05) is 23.7 Å². The molecule has 0 fully saturated rings. The molecule has 0 saturated carbocycles. The Kier molecular flexibility index (Phi) is 7.23. The molecule has 0 amide bonds. The summed E-state index contributed by atoms with van der Waals surface area (Å²) in [7, 11) is 0. The number of rotatable bonds is 9. The lowest BCUT2D eigenvalue weighted by Gasteiger charge is -2.03. The molecule has 0 atom stereocenters. The first kappa shape index (κ1) is 16.8. The number of aromatic hydroxyl groups is 1. The zero-order chi connectivity index (χ0) is 15.6. The molecule has 0 aliphatic rings. The number of phenolic OH excluding ortho intramolecular Hbond substituents is 1. The van der Waals surface area contributed by atoms with Crippen molar-refractivity contribution in [3.8, 4) is 16.9 Å². The Morgan fingerprint density at radius 1 is 0.864 bits per heavy atom. The van der Waals surface area contributed by atoms with E-state index in [1.54, 1.807) is 23.9 Å². The summed E-state index contributed by atoms with van der Waals surface area (Å²) in [5, 5.41) is 10.1. The molecule has 4 heteroatoms. The molecule has 0 bridgehead atoms. The highest BCUT2D eigenvalue weighted by atomic mass is 32.2. The number of unbranched alkanes of at least 4 members (excludes halogenated alkanes) is 5. The Balaban J connectivity index is 1.74. The van der Waals surface area contributed by atoms with Crippen LogP contribution in [0.25, 0.3) is 11.1 Å². The lowest BCUT2D eigenvalue weighted by molar-refractivity contribution is 0.475. The summed E-state index contributed by atoms with van der Waals surface area (Å²) < 4.78 is 0. The third-order valence-electron chi connectivity index (χ3n) is 3.56. The van der Waals surface area contributed by atoms with Gasteiger partial charge in [0.15, 0.2) is 5.16 Å². The fourth-order valence-electron chi connectivity index (χ4n) is 2.24. The van der Waals surface area contributed by atoms with Crippen LogP contribution in [-0.2, 0) is 0 Å². The monoisotopic (exact) mass is 316 g/mol. The molecule has 1 heterocycles. The number of hydrogen-bond donors (Lipinski definition) is 1. The Hall–Kier alpha value is -1.55. The molecule has 1 aromatic carbocycles. The molecule has 0 saturated heterocycles. The summed E-state index contributed by atoms with van der Waals surface area (Å²) in [5.74, 6) is 1.36. The van der Waals surface area contributed by atoms with Gasteiger partial charge in [-0.05, 0) is 24.1 Å². The van der Waals surface area contributed by atoms with E-state index in [1.165, 1.54) is 38.5 Å². The van der Waals surface area contributed by atoms with Crippen molar-refractivity contribution in [3.63, 3.8) is 0 Å². The molecule has 2 rings (SSSR count). The van der Waals surface area contributed by atoms with Crippen molar-refractivity contribution in [1.29, 1.82) is 0 Å². The molecule has 0 aliphatic heterocycles. The molecular weight excluding hydrogens is 292 g/mol. The van der Waals surface area contributed by atoms with Crippen LogP contribution >= 0.6 is 11.8 Å². The van der Waals surface area contributed by atoms with E-state index in [4.69, 9.17) is 0 Å². The first-order valence-electron chi connectivity index (χ1n) is 8.04. The van der Waals surface area contributed by atoms with Crippen LogP contribution in [0, 0.1) is 0 Å². The largest absolute Gasteiger partial charge is 0.508 e. The van der Waals surface area contributed by atoms with Gasteiger partial charge in [0.2, 0.25) is 0 Å². The quantitative estimate of drug-likeness (QED) is 0.387. The van der Waals surface area contributed by atoms with Crippen molar-refractivity contribution in [3.05, 3.63) is 36.7 Å². The average Bonchev–Trinajstić information content (AvgIpc) is 2.55. The maximum atomic E-state index is 9.30. The first-order chi connectivity index (χ1) is 10.8. The van der Waals surface area contributed by atoms with Gasteiger partial charge < -0.3 is 5.11 Å². The SMILES string of the molecule is CCCCCCCCSc1ncc(-c2ccc(O)cc2)cn1. The summed E-state index contributed by atoms with van der Waals surface area (Å²) >= 11 is 1.73. The highest BCUT2D eigenvalue weighted by Crippen LogP contribution is 2.22. The van der Waals surface area contributed by atoms with E-state index >= 15 is 0 Å². The minimum absolute atomic E-state index is 0.274. The number of nitrogens with zero attached hydrogens (tertiary/aromatic N) is 2. The zero-order valence-electron chi connectivity index (χ0n) is 13.2. The average molecular weight is 316 g/mol. The van der Waals surface area contributed by atoms with E-state index in [0.717, 1.165) is 22.0 Å². The van der Waals surface area contributed by atoms with Crippen LogP contribution in [0.1, 0.15) is 45.4 Å². The number of hydrogen-bond acceptors (Lipinski definition) is 4. The van der Waals surface area contributed by atoms with Gasteiger partial charge in [0.05, 0.1) is 0 Å². The van der Waals surface area contributed by atoms with Crippen LogP contribution in [0.15, 0.2) is 41.8 Å². The predicted octanol–water partition coefficient (Wildman–Crippen LogP) is 5.30. The van der Waals surface area contributed by atoms with E-state index in [-0.39, 0.29) is 5.75 Å². The second kappa shape index (κ2) is 9.46. The Morgan fingerprint density at radius 3 is 2.18 bits per heavy atom. The van der Waals surface area contributed by atoms with Gasteiger partial charge in [-0.3, -0.25) is 0 Å². The second-order valence-electron chi connectivity index (χ2n) is 5.42. The van der Waals surface area contributed by atoms with E-state index in [9.17, 15) is 5.11 Å². The van der Waals surface area contributed by atoms with Crippen LogP contribution in [0.4, 0.5) is 0 Å².